The number of halogens is 1. The van der Waals surface area contributed by atoms with E-state index in [1.807, 2.05) is 12.1 Å². The van der Waals surface area contributed by atoms with Gasteiger partial charge in [0.15, 0.2) is 11.5 Å². The van der Waals surface area contributed by atoms with Gasteiger partial charge in [-0.05, 0) is 35.9 Å². The molecule has 0 saturated carbocycles. The highest BCUT2D eigenvalue weighted by Gasteiger charge is 2.25. The molecule has 0 spiro atoms. The predicted octanol–water partition coefficient (Wildman–Crippen LogP) is 2.88. The second kappa shape index (κ2) is 8.97. The van der Waals surface area contributed by atoms with Gasteiger partial charge < -0.3 is 19.3 Å². The molecule has 2 amide bonds. The van der Waals surface area contributed by atoms with Crippen molar-refractivity contribution in [1.82, 2.24) is 9.80 Å². The van der Waals surface area contributed by atoms with Crippen molar-refractivity contribution >= 4 is 23.4 Å². The lowest BCUT2D eigenvalue weighted by Gasteiger charge is -2.35. The van der Waals surface area contributed by atoms with E-state index in [2.05, 4.69) is 0 Å². The lowest BCUT2D eigenvalue weighted by atomic mass is 10.1. The first kappa shape index (κ1) is 20.0. The molecule has 148 valence electrons. The summed E-state index contributed by atoms with van der Waals surface area (Å²) < 4.78 is 10.5. The number of hydrogen-bond acceptors (Lipinski definition) is 4. The molecule has 0 N–H and O–H groups in total. The summed E-state index contributed by atoms with van der Waals surface area (Å²) in [6, 6.07) is 12.4. The molecule has 1 aliphatic rings. The van der Waals surface area contributed by atoms with Gasteiger partial charge in [-0.15, -0.1) is 0 Å². The van der Waals surface area contributed by atoms with Crippen LogP contribution in [-0.4, -0.2) is 62.0 Å². The number of benzene rings is 2. The number of methoxy groups -OCH3 is 2. The standard InChI is InChI=1S/C21H23ClN2O4/c1-27-18-7-6-16(14-19(18)28-2)21(26)24-10-8-23(9-11-24)20(25)13-15-4-3-5-17(22)12-15/h3-7,12,14H,8-11,13H2,1-2H3. The lowest BCUT2D eigenvalue weighted by molar-refractivity contribution is -0.131. The predicted molar refractivity (Wildman–Crippen MR) is 107 cm³/mol. The van der Waals surface area contributed by atoms with E-state index in [0.29, 0.717) is 54.7 Å². The van der Waals surface area contributed by atoms with Crippen molar-refractivity contribution in [2.45, 2.75) is 6.42 Å². The van der Waals surface area contributed by atoms with Gasteiger partial charge in [0.25, 0.3) is 5.91 Å². The number of nitrogens with zero attached hydrogens (tertiary/aromatic N) is 2. The lowest BCUT2D eigenvalue weighted by Crippen LogP contribution is -2.51. The second-order valence-electron chi connectivity index (χ2n) is 6.55. The third-order valence-corrected chi connectivity index (χ3v) is 5.03. The summed E-state index contributed by atoms with van der Waals surface area (Å²) in [7, 11) is 3.09. The van der Waals surface area contributed by atoms with Crippen LogP contribution in [0.15, 0.2) is 42.5 Å². The molecule has 6 nitrogen and oxygen atoms in total. The van der Waals surface area contributed by atoms with Crippen molar-refractivity contribution in [3.8, 4) is 11.5 Å². The van der Waals surface area contributed by atoms with Crippen LogP contribution < -0.4 is 9.47 Å². The average molecular weight is 403 g/mol. The number of rotatable bonds is 5. The smallest absolute Gasteiger partial charge is 0.254 e. The molecule has 1 saturated heterocycles. The van der Waals surface area contributed by atoms with Gasteiger partial charge in [-0.25, -0.2) is 0 Å². The molecule has 1 aliphatic heterocycles. The zero-order valence-electron chi connectivity index (χ0n) is 16.0. The van der Waals surface area contributed by atoms with E-state index in [4.69, 9.17) is 21.1 Å². The van der Waals surface area contributed by atoms with E-state index in [1.165, 1.54) is 7.11 Å². The molecule has 0 unspecified atom stereocenters. The van der Waals surface area contributed by atoms with Crippen LogP contribution in [0.2, 0.25) is 5.02 Å². The Labute approximate surface area is 169 Å². The number of amides is 2. The van der Waals surface area contributed by atoms with Crippen molar-refractivity contribution in [2.75, 3.05) is 40.4 Å². The van der Waals surface area contributed by atoms with Gasteiger partial charge in [0.1, 0.15) is 0 Å². The molecule has 7 heteroatoms. The summed E-state index contributed by atoms with van der Waals surface area (Å²) in [5.74, 6) is 1.06. The molecule has 1 fully saturated rings. The molecule has 2 aromatic carbocycles. The van der Waals surface area contributed by atoms with Crippen molar-refractivity contribution in [2.24, 2.45) is 0 Å². The Morgan fingerprint density at radius 2 is 1.61 bits per heavy atom. The van der Waals surface area contributed by atoms with Gasteiger partial charge in [-0.2, -0.15) is 0 Å². The molecule has 0 bridgehead atoms. The van der Waals surface area contributed by atoms with Crippen molar-refractivity contribution in [3.63, 3.8) is 0 Å². The molecular formula is C21H23ClN2O4. The highest BCUT2D eigenvalue weighted by molar-refractivity contribution is 6.30. The number of carbonyl (C=O) groups excluding carboxylic acids is 2. The topological polar surface area (TPSA) is 59.1 Å². The van der Waals surface area contributed by atoms with E-state index >= 15 is 0 Å². The quantitative estimate of drug-likeness (QED) is 0.771. The first-order valence-electron chi connectivity index (χ1n) is 9.05. The maximum Gasteiger partial charge on any atom is 0.254 e. The van der Waals surface area contributed by atoms with E-state index < -0.39 is 0 Å². The highest BCUT2D eigenvalue weighted by Crippen LogP contribution is 2.28. The summed E-state index contributed by atoms with van der Waals surface area (Å²) in [5, 5.41) is 0.621. The third kappa shape index (κ3) is 4.57. The SMILES string of the molecule is COc1ccc(C(=O)N2CCN(C(=O)Cc3cccc(Cl)c3)CC2)cc1OC. The zero-order chi connectivity index (χ0) is 20.1. The fourth-order valence-corrected chi connectivity index (χ4v) is 3.46. The van der Waals surface area contributed by atoms with Crippen LogP contribution >= 0.6 is 11.6 Å². The number of piperazine rings is 1. The summed E-state index contributed by atoms with van der Waals surface area (Å²) in [5.41, 5.74) is 1.43. The molecule has 2 aromatic rings. The van der Waals surface area contributed by atoms with Crippen LogP contribution in [0.25, 0.3) is 0 Å². The van der Waals surface area contributed by atoms with Crippen molar-refractivity contribution in [1.29, 1.82) is 0 Å². The maximum absolute atomic E-state index is 12.8. The Hall–Kier alpha value is -2.73. The Bertz CT molecular complexity index is 863. The third-order valence-electron chi connectivity index (χ3n) is 4.79. The first-order chi connectivity index (χ1) is 13.5. The van der Waals surface area contributed by atoms with Gasteiger partial charge in [-0.3, -0.25) is 9.59 Å². The summed E-state index contributed by atoms with van der Waals surface area (Å²) >= 11 is 5.98. The van der Waals surface area contributed by atoms with Gasteiger partial charge in [0, 0.05) is 36.8 Å². The van der Waals surface area contributed by atoms with Gasteiger partial charge in [0.2, 0.25) is 5.91 Å². The number of hydrogen-bond donors (Lipinski definition) is 0. The second-order valence-corrected chi connectivity index (χ2v) is 6.99. The maximum atomic E-state index is 12.8. The zero-order valence-corrected chi connectivity index (χ0v) is 16.7. The molecule has 0 aliphatic carbocycles. The molecule has 3 rings (SSSR count). The fraction of sp³-hybridized carbons (Fsp3) is 0.333. The van der Waals surface area contributed by atoms with Crippen LogP contribution in [0.4, 0.5) is 0 Å². The molecule has 28 heavy (non-hydrogen) atoms. The Morgan fingerprint density at radius 1 is 0.929 bits per heavy atom. The normalized spacial score (nSPS) is 14.0. The van der Waals surface area contributed by atoms with Gasteiger partial charge >= 0.3 is 0 Å². The van der Waals surface area contributed by atoms with Crippen LogP contribution in [0.1, 0.15) is 15.9 Å². The minimum Gasteiger partial charge on any atom is -0.493 e. The Balaban J connectivity index is 1.58. The number of carbonyl (C=O) groups is 2. The Morgan fingerprint density at radius 3 is 2.25 bits per heavy atom. The van der Waals surface area contributed by atoms with E-state index in [9.17, 15) is 9.59 Å². The monoisotopic (exact) mass is 402 g/mol. The fourth-order valence-electron chi connectivity index (χ4n) is 3.24. The van der Waals surface area contributed by atoms with Gasteiger partial charge in [-0.1, -0.05) is 23.7 Å². The summed E-state index contributed by atoms with van der Waals surface area (Å²) in [4.78, 5) is 28.9. The minimum atomic E-state index is -0.0807. The first-order valence-corrected chi connectivity index (χ1v) is 9.43. The van der Waals surface area contributed by atoms with E-state index in [0.717, 1.165) is 5.56 Å². The number of ether oxygens (including phenoxy) is 2. The summed E-state index contributed by atoms with van der Waals surface area (Å²) in [6.45, 7) is 2.01. The molecule has 0 radical (unpaired) electrons. The molecule has 1 heterocycles. The molecule has 0 aromatic heterocycles. The summed E-state index contributed by atoms with van der Waals surface area (Å²) in [6.07, 6.45) is 0.310. The molecular weight excluding hydrogens is 380 g/mol. The Kier molecular flexibility index (Phi) is 6.41. The average Bonchev–Trinajstić information content (AvgIpc) is 2.72. The van der Waals surface area contributed by atoms with Crippen molar-refractivity contribution in [3.05, 3.63) is 58.6 Å². The minimum absolute atomic E-state index is 0.0421. The van der Waals surface area contributed by atoms with Crippen LogP contribution in [0.3, 0.4) is 0 Å². The van der Waals surface area contributed by atoms with Crippen LogP contribution in [0.5, 0.6) is 11.5 Å². The van der Waals surface area contributed by atoms with Crippen LogP contribution in [-0.2, 0) is 11.2 Å². The largest absolute Gasteiger partial charge is 0.493 e. The van der Waals surface area contributed by atoms with Gasteiger partial charge in [0.05, 0.1) is 20.6 Å². The van der Waals surface area contributed by atoms with E-state index in [1.54, 1.807) is 47.2 Å². The van der Waals surface area contributed by atoms with Crippen LogP contribution in [0, 0.1) is 0 Å². The van der Waals surface area contributed by atoms with E-state index in [-0.39, 0.29) is 11.8 Å². The molecule has 0 atom stereocenters. The van der Waals surface area contributed by atoms with Crippen molar-refractivity contribution < 1.29 is 19.1 Å². The highest BCUT2D eigenvalue weighted by atomic mass is 35.5.